The number of aromatic nitrogens is 2. The lowest BCUT2D eigenvalue weighted by Crippen LogP contribution is -2.46. The molecule has 2 fully saturated rings. The number of ether oxygens (including phenoxy) is 1. The van der Waals surface area contributed by atoms with Crippen LogP contribution in [-0.2, 0) is 4.74 Å². The molecular formula is C22H31N3O2. The Bertz CT molecular complexity index is 814. The maximum absolute atomic E-state index is 13.0. The van der Waals surface area contributed by atoms with Gasteiger partial charge in [-0.3, -0.25) is 4.79 Å². The van der Waals surface area contributed by atoms with Crippen molar-refractivity contribution in [1.82, 2.24) is 14.7 Å². The lowest BCUT2D eigenvalue weighted by Gasteiger charge is -2.35. The van der Waals surface area contributed by atoms with Crippen LogP contribution < -0.4 is 5.32 Å². The van der Waals surface area contributed by atoms with Gasteiger partial charge in [0.15, 0.2) is 0 Å². The third kappa shape index (κ3) is 3.62. The number of unbranched alkanes of at least 4 members (excludes halogenated alkanes) is 1. The largest absolute Gasteiger partial charge is 0.378 e. The molecule has 2 aliphatic rings. The quantitative estimate of drug-likeness (QED) is 0.782. The summed E-state index contributed by atoms with van der Waals surface area (Å²) >= 11 is 0. The maximum Gasteiger partial charge on any atom is 0.255 e. The zero-order valence-electron chi connectivity index (χ0n) is 16.7. The molecule has 1 N–H and O–H groups in total. The fourth-order valence-corrected chi connectivity index (χ4v) is 5.04. The van der Waals surface area contributed by atoms with Gasteiger partial charge in [-0.05, 0) is 69.9 Å². The van der Waals surface area contributed by atoms with E-state index in [1.54, 1.807) is 0 Å². The van der Waals surface area contributed by atoms with Crippen molar-refractivity contribution in [3.63, 3.8) is 0 Å². The average Bonchev–Trinajstić information content (AvgIpc) is 3.14. The predicted molar refractivity (Wildman–Crippen MR) is 106 cm³/mol. The third-order valence-electron chi connectivity index (χ3n) is 6.39. The second-order valence-electron chi connectivity index (χ2n) is 8.38. The topological polar surface area (TPSA) is 55.6 Å². The predicted octanol–water partition coefficient (Wildman–Crippen LogP) is 4.05. The van der Waals surface area contributed by atoms with E-state index in [9.17, 15) is 4.79 Å². The Morgan fingerprint density at radius 2 is 2.04 bits per heavy atom. The van der Waals surface area contributed by atoms with Gasteiger partial charge in [-0.1, -0.05) is 13.3 Å². The molecular weight excluding hydrogens is 338 g/mol. The lowest BCUT2D eigenvalue weighted by molar-refractivity contribution is -0.00119. The van der Waals surface area contributed by atoms with E-state index in [1.807, 2.05) is 36.6 Å². The Hall–Kier alpha value is -1.88. The zero-order chi connectivity index (χ0) is 19.0. The minimum atomic E-state index is 0.0160. The Morgan fingerprint density at radius 1 is 1.30 bits per heavy atom. The molecule has 2 saturated carbocycles. The first-order chi connectivity index (χ1) is 13.1. The van der Waals surface area contributed by atoms with Crippen LogP contribution in [-0.4, -0.2) is 34.0 Å². The molecule has 2 aromatic rings. The summed E-state index contributed by atoms with van der Waals surface area (Å²) in [6, 6.07) is 4.21. The van der Waals surface area contributed by atoms with Gasteiger partial charge in [0.25, 0.3) is 5.91 Å². The molecule has 2 heterocycles. The number of carbonyl (C=O) groups is 1. The molecule has 5 nitrogen and oxygen atoms in total. The van der Waals surface area contributed by atoms with Crippen molar-refractivity contribution >= 4 is 11.6 Å². The van der Waals surface area contributed by atoms with Crippen molar-refractivity contribution in [2.24, 2.45) is 11.8 Å². The summed E-state index contributed by atoms with van der Waals surface area (Å²) in [4.78, 5) is 17.6. The van der Waals surface area contributed by atoms with Gasteiger partial charge in [0.05, 0.1) is 11.7 Å². The number of nitrogens with one attached hydrogen (secondary N) is 1. The Balaban J connectivity index is 1.45. The van der Waals surface area contributed by atoms with Crippen molar-refractivity contribution in [2.75, 3.05) is 6.61 Å². The molecule has 1 amide bonds. The molecule has 0 saturated heterocycles. The van der Waals surface area contributed by atoms with Crippen LogP contribution >= 0.6 is 0 Å². The second-order valence-corrected chi connectivity index (χ2v) is 8.38. The highest BCUT2D eigenvalue weighted by atomic mass is 16.5. The van der Waals surface area contributed by atoms with Crippen molar-refractivity contribution in [2.45, 2.75) is 71.4 Å². The number of rotatable bonds is 6. The summed E-state index contributed by atoms with van der Waals surface area (Å²) < 4.78 is 8.08. The minimum Gasteiger partial charge on any atom is -0.378 e. The Labute approximate surface area is 161 Å². The molecule has 4 atom stereocenters. The van der Waals surface area contributed by atoms with E-state index in [0.717, 1.165) is 42.9 Å². The van der Waals surface area contributed by atoms with Crippen LogP contribution in [0.3, 0.4) is 0 Å². The lowest BCUT2D eigenvalue weighted by atomic mass is 9.82. The van der Waals surface area contributed by atoms with Crippen molar-refractivity contribution in [3.05, 3.63) is 35.3 Å². The molecule has 5 heteroatoms. The normalized spacial score (nSPS) is 27.2. The summed E-state index contributed by atoms with van der Waals surface area (Å²) in [5, 5.41) is 3.35. The van der Waals surface area contributed by atoms with Gasteiger partial charge in [-0.25, -0.2) is 4.98 Å². The highest BCUT2D eigenvalue weighted by Gasteiger charge is 2.43. The Kier molecular flexibility index (Phi) is 5.22. The van der Waals surface area contributed by atoms with Crippen LogP contribution in [0.2, 0.25) is 0 Å². The van der Waals surface area contributed by atoms with Crippen molar-refractivity contribution in [3.8, 4) is 0 Å². The Morgan fingerprint density at radius 3 is 2.74 bits per heavy atom. The van der Waals surface area contributed by atoms with Gasteiger partial charge in [0.1, 0.15) is 5.65 Å². The van der Waals surface area contributed by atoms with E-state index >= 15 is 0 Å². The molecule has 0 radical (unpaired) electrons. The van der Waals surface area contributed by atoms with Crippen LogP contribution in [0, 0.1) is 25.7 Å². The van der Waals surface area contributed by atoms with Gasteiger partial charge in [0, 0.05) is 30.2 Å². The fourth-order valence-electron chi connectivity index (χ4n) is 5.04. The van der Waals surface area contributed by atoms with E-state index < -0.39 is 0 Å². The highest BCUT2D eigenvalue weighted by molar-refractivity contribution is 6.00. The summed E-state index contributed by atoms with van der Waals surface area (Å²) in [6.45, 7) is 7.09. The third-order valence-corrected chi connectivity index (χ3v) is 6.39. The summed E-state index contributed by atoms with van der Waals surface area (Å²) in [7, 11) is 0. The van der Waals surface area contributed by atoms with Crippen LogP contribution in [0.4, 0.5) is 0 Å². The molecule has 0 aliphatic heterocycles. The summed E-state index contributed by atoms with van der Waals surface area (Å²) in [5.41, 5.74) is 3.48. The number of hydrogen-bond acceptors (Lipinski definition) is 3. The molecule has 0 spiro atoms. The molecule has 2 aliphatic carbocycles. The van der Waals surface area contributed by atoms with E-state index in [-0.39, 0.29) is 11.9 Å². The number of amides is 1. The van der Waals surface area contributed by atoms with Gasteiger partial charge in [-0.15, -0.1) is 0 Å². The maximum atomic E-state index is 13.0. The van der Waals surface area contributed by atoms with Crippen LogP contribution in [0.1, 0.15) is 67.2 Å². The average molecular weight is 370 g/mol. The first kappa shape index (κ1) is 18.5. The van der Waals surface area contributed by atoms with E-state index in [1.165, 1.54) is 19.3 Å². The molecule has 1 unspecified atom stereocenters. The molecule has 2 aromatic heterocycles. The van der Waals surface area contributed by atoms with Crippen LogP contribution in [0.5, 0.6) is 0 Å². The van der Waals surface area contributed by atoms with E-state index in [2.05, 4.69) is 17.2 Å². The molecule has 0 aromatic carbocycles. The summed E-state index contributed by atoms with van der Waals surface area (Å²) in [5.74, 6) is 1.11. The molecule has 27 heavy (non-hydrogen) atoms. The van der Waals surface area contributed by atoms with Crippen molar-refractivity contribution < 1.29 is 9.53 Å². The zero-order valence-corrected chi connectivity index (χ0v) is 16.7. The molecule has 2 bridgehead atoms. The van der Waals surface area contributed by atoms with Crippen LogP contribution in [0.15, 0.2) is 18.3 Å². The fraction of sp³-hybridized carbons (Fsp3) is 0.636. The second kappa shape index (κ2) is 7.63. The number of hydrogen-bond donors (Lipinski definition) is 1. The highest BCUT2D eigenvalue weighted by Crippen LogP contribution is 2.43. The van der Waals surface area contributed by atoms with E-state index in [4.69, 9.17) is 4.74 Å². The van der Waals surface area contributed by atoms with Crippen LogP contribution in [0.25, 0.3) is 5.65 Å². The first-order valence-electron chi connectivity index (χ1n) is 10.4. The SMILES string of the molecule is CCCCO[C@@H]1CC2CC[C@H](C1)[C@@H]2NC(=O)c1ccn2c(C)cc(C)nc12. The number of aryl methyl sites for hydroxylation is 2. The van der Waals surface area contributed by atoms with Crippen molar-refractivity contribution in [1.29, 1.82) is 0 Å². The molecule has 146 valence electrons. The first-order valence-corrected chi connectivity index (χ1v) is 10.4. The van der Waals surface area contributed by atoms with Gasteiger partial charge < -0.3 is 14.5 Å². The van der Waals surface area contributed by atoms with Gasteiger partial charge >= 0.3 is 0 Å². The summed E-state index contributed by atoms with van der Waals surface area (Å²) in [6.07, 6.45) is 9.21. The number of fused-ring (bicyclic) bond motifs is 3. The smallest absolute Gasteiger partial charge is 0.255 e. The number of carbonyl (C=O) groups excluding carboxylic acids is 1. The monoisotopic (exact) mass is 369 g/mol. The standard InChI is InChI=1S/C22H31N3O2/c1-4-5-10-27-18-12-16-6-7-17(13-18)20(16)24-22(26)19-8-9-25-15(3)11-14(2)23-21(19)25/h8-9,11,16-18,20H,4-7,10,12-13H2,1-3H3,(H,24,26)/t16-,17?,18+,20+/m1/s1. The molecule has 4 rings (SSSR count). The van der Waals surface area contributed by atoms with Gasteiger partial charge in [0.2, 0.25) is 0 Å². The van der Waals surface area contributed by atoms with E-state index in [0.29, 0.717) is 23.5 Å². The van der Waals surface area contributed by atoms with Gasteiger partial charge in [-0.2, -0.15) is 0 Å². The number of nitrogens with zero attached hydrogens (tertiary/aromatic N) is 2. The minimum absolute atomic E-state index is 0.0160.